The summed E-state index contributed by atoms with van der Waals surface area (Å²) < 4.78 is 1.92. The number of hydrogen-bond acceptors (Lipinski definition) is 3. The SMILES string of the molecule is CC[C@@H](N[C@@H](C)CC(=O)Nc1ccccc1C)c1c(C)nn(C)c1C. The van der Waals surface area contributed by atoms with Crippen LogP contribution < -0.4 is 10.6 Å². The van der Waals surface area contributed by atoms with Gasteiger partial charge in [-0.15, -0.1) is 0 Å². The fourth-order valence-corrected chi connectivity index (χ4v) is 3.29. The van der Waals surface area contributed by atoms with Crippen LogP contribution in [0.15, 0.2) is 24.3 Å². The highest BCUT2D eigenvalue weighted by Gasteiger charge is 2.21. The van der Waals surface area contributed by atoms with Gasteiger partial charge < -0.3 is 10.6 Å². The molecule has 25 heavy (non-hydrogen) atoms. The van der Waals surface area contributed by atoms with Gasteiger partial charge in [-0.05, 0) is 45.7 Å². The smallest absolute Gasteiger partial charge is 0.225 e. The minimum Gasteiger partial charge on any atom is -0.326 e. The third-order valence-electron chi connectivity index (χ3n) is 4.72. The lowest BCUT2D eigenvalue weighted by atomic mass is 10.0. The van der Waals surface area contributed by atoms with Gasteiger partial charge in [0.1, 0.15) is 0 Å². The number of para-hydroxylation sites is 1. The third-order valence-corrected chi connectivity index (χ3v) is 4.72. The predicted molar refractivity (Wildman–Crippen MR) is 103 cm³/mol. The third kappa shape index (κ3) is 4.69. The van der Waals surface area contributed by atoms with Gasteiger partial charge in [0.25, 0.3) is 0 Å². The fourth-order valence-electron chi connectivity index (χ4n) is 3.29. The van der Waals surface area contributed by atoms with E-state index in [1.54, 1.807) is 0 Å². The van der Waals surface area contributed by atoms with E-state index in [9.17, 15) is 4.79 Å². The zero-order valence-corrected chi connectivity index (χ0v) is 16.2. The summed E-state index contributed by atoms with van der Waals surface area (Å²) in [4.78, 5) is 12.4. The molecule has 1 heterocycles. The largest absolute Gasteiger partial charge is 0.326 e. The summed E-state index contributed by atoms with van der Waals surface area (Å²) in [5.41, 5.74) is 5.43. The number of aryl methyl sites for hydroxylation is 3. The van der Waals surface area contributed by atoms with E-state index in [1.165, 1.54) is 11.3 Å². The molecule has 0 radical (unpaired) electrons. The first-order chi connectivity index (χ1) is 11.8. The van der Waals surface area contributed by atoms with E-state index < -0.39 is 0 Å². The Morgan fingerprint density at radius 2 is 1.92 bits per heavy atom. The van der Waals surface area contributed by atoms with Gasteiger partial charge in [-0.1, -0.05) is 25.1 Å². The maximum Gasteiger partial charge on any atom is 0.225 e. The van der Waals surface area contributed by atoms with Gasteiger partial charge in [0, 0.05) is 42.5 Å². The molecule has 2 N–H and O–H groups in total. The number of carbonyl (C=O) groups excluding carboxylic acids is 1. The highest BCUT2D eigenvalue weighted by Crippen LogP contribution is 2.24. The van der Waals surface area contributed by atoms with Crippen LogP contribution in [-0.2, 0) is 11.8 Å². The second-order valence-corrected chi connectivity index (χ2v) is 6.80. The van der Waals surface area contributed by atoms with Crippen molar-refractivity contribution in [1.82, 2.24) is 15.1 Å². The van der Waals surface area contributed by atoms with Crippen molar-refractivity contribution in [2.45, 2.75) is 59.5 Å². The molecule has 5 heteroatoms. The zero-order valence-electron chi connectivity index (χ0n) is 16.2. The minimum absolute atomic E-state index is 0.0313. The van der Waals surface area contributed by atoms with Gasteiger partial charge in [0.15, 0.2) is 0 Å². The fraction of sp³-hybridized carbons (Fsp3) is 0.500. The molecular formula is C20H30N4O. The molecular weight excluding hydrogens is 312 g/mol. The van der Waals surface area contributed by atoms with Crippen LogP contribution in [0.2, 0.25) is 0 Å². The van der Waals surface area contributed by atoms with Crippen LogP contribution in [0.3, 0.4) is 0 Å². The number of carbonyl (C=O) groups is 1. The van der Waals surface area contributed by atoms with Crippen molar-refractivity contribution in [1.29, 1.82) is 0 Å². The molecule has 2 aromatic rings. The van der Waals surface area contributed by atoms with E-state index in [0.29, 0.717) is 6.42 Å². The summed E-state index contributed by atoms with van der Waals surface area (Å²) in [6.45, 7) is 10.3. The Morgan fingerprint density at radius 3 is 2.48 bits per heavy atom. The van der Waals surface area contributed by atoms with Crippen LogP contribution in [0.25, 0.3) is 0 Å². The zero-order chi connectivity index (χ0) is 18.6. The number of benzene rings is 1. The monoisotopic (exact) mass is 342 g/mol. The molecule has 0 saturated carbocycles. The summed E-state index contributed by atoms with van der Waals surface area (Å²) in [5, 5.41) is 11.1. The van der Waals surface area contributed by atoms with E-state index in [0.717, 1.165) is 23.4 Å². The molecule has 0 bridgehead atoms. The topological polar surface area (TPSA) is 59.0 Å². The number of hydrogen-bond donors (Lipinski definition) is 2. The van der Waals surface area contributed by atoms with Gasteiger partial charge >= 0.3 is 0 Å². The second-order valence-electron chi connectivity index (χ2n) is 6.80. The Labute approximate surface area is 150 Å². The Bertz CT molecular complexity index is 735. The summed E-state index contributed by atoms with van der Waals surface area (Å²) >= 11 is 0. The first-order valence-corrected chi connectivity index (χ1v) is 8.95. The van der Waals surface area contributed by atoms with E-state index in [-0.39, 0.29) is 18.0 Å². The van der Waals surface area contributed by atoms with Crippen molar-refractivity contribution in [3.8, 4) is 0 Å². The summed E-state index contributed by atoms with van der Waals surface area (Å²) in [6, 6.07) is 8.12. The van der Waals surface area contributed by atoms with Crippen molar-refractivity contribution in [3.63, 3.8) is 0 Å². The number of amides is 1. The molecule has 2 atom stereocenters. The van der Waals surface area contributed by atoms with Crippen LogP contribution in [0.1, 0.15) is 55.2 Å². The van der Waals surface area contributed by atoms with Crippen molar-refractivity contribution in [3.05, 3.63) is 46.8 Å². The lowest BCUT2D eigenvalue weighted by Gasteiger charge is -2.23. The highest BCUT2D eigenvalue weighted by molar-refractivity contribution is 5.91. The molecule has 0 saturated heterocycles. The lowest BCUT2D eigenvalue weighted by molar-refractivity contribution is -0.116. The molecule has 0 aliphatic heterocycles. The average Bonchev–Trinajstić information content (AvgIpc) is 2.80. The van der Waals surface area contributed by atoms with E-state index in [1.807, 2.05) is 49.8 Å². The first kappa shape index (κ1) is 19.2. The van der Waals surface area contributed by atoms with Crippen molar-refractivity contribution < 1.29 is 4.79 Å². The standard InChI is InChI=1S/C20H30N4O/c1-7-17(20-15(4)23-24(6)16(20)5)21-14(3)12-19(25)22-18-11-9-8-10-13(18)2/h8-11,14,17,21H,7,12H2,1-6H3,(H,22,25)/t14-,17+/m0/s1. The van der Waals surface area contributed by atoms with Gasteiger partial charge in [-0.2, -0.15) is 5.10 Å². The van der Waals surface area contributed by atoms with Crippen LogP contribution in [0.4, 0.5) is 5.69 Å². The van der Waals surface area contributed by atoms with E-state index >= 15 is 0 Å². The number of aromatic nitrogens is 2. The van der Waals surface area contributed by atoms with Gasteiger partial charge in [0.05, 0.1) is 5.69 Å². The number of anilines is 1. The highest BCUT2D eigenvalue weighted by atomic mass is 16.1. The molecule has 0 fully saturated rings. The second kappa shape index (κ2) is 8.30. The molecule has 1 amide bonds. The van der Waals surface area contributed by atoms with Gasteiger partial charge in [-0.3, -0.25) is 9.48 Å². The molecule has 0 spiro atoms. The molecule has 0 aliphatic rings. The Hall–Kier alpha value is -2.14. The maximum absolute atomic E-state index is 12.4. The van der Waals surface area contributed by atoms with E-state index in [2.05, 4.69) is 36.5 Å². The Morgan fingerprint density at radius 1 is 1.24 bits per heavy atom. The maximum atomic E-state index is 12.4. The van der Waals surface area contributed by atoms with E-state index in [4.69, 9.17) is 0 Å². The molecule has 0 aliphatic carbocycles. The lowest BCUT2D eigenvalue weighted by Crippen LogP contribution is -2.34. The molecule has 0 unspecified atom stereocenters. The van der Waals surface area contributed by atoms with Gasteiger partial charge in [0.2, 0.25) is 5.91 Å². The van der Waals surface area contributed by atoms with Crippen molar-refractivity contribution in [2.24, 2.45) is 7.05 Å². The quantitative estimate of drug-likeness (QED) is 0.804. The van der Waals surface area contributed by atoms with Crippen LogP contribution in [0, 0.1) is 20.8 Å². The molecule has 1 aromatic heterocycles. The summed E-state index contributed by atoms with van der Waals surface area (Å²) in [6.07, 6.45) is 1.39. The molecule has 2 rings (SSSR count). The number of nitrogens with zero attached hydrogens (tertiary/aromatic N) is 2. The van der Waals surface area contributed by atoms with Crippen molar-refractivity contribution >= 4 is 11.6 Å². The first-order valence-electron chi connectivity index (χ1n) is 8.95. The van der Waals surface area contributed by atoms with Gasteiger partial charge in [-0.25, -0.2) is 0 Å². The minimum atomic E-state index is 0.0313. The normalized spacial score (nSPS) is 13.5. The predicted octanol–water partition coefficient (Wildman–Crippen LogP) is 3.80. The van der Waals surface area contributed by atoms with Crippen LogP contribution in [0.5, 0.6) is 0 Å². The average molecular weight is 342 g/mol. The molecule has 136 valence electrons. The number of nitrogens with one attached hydrogen (secondary N) is 2. The molecule has 1 aromatic carbocycles. The Balaban J connectivity index is 1.99. The van der Waals surface area contributed by atoms with Crippen LogP contribution >= 0.6 is 0 Å². The molecule has 5 nitrogen and oxygen atoms in total. The van der Waals surface area contributed by atoms with Crippen LogP contribution in [-0.4, -0.2) is 21.7 Å². The Kier molecular flexibility index (Phi) is 6.37. The summed E-state index contributed by atoms with van der Waals surface area (Å²) in [5.74, 6) is 0.0313. The number of rotatable bonds is 7. The summed E-state index contributed by atoms with van der Waals surface area (Å²) in [7, 11) is 1.97. The van der Waals surface area contributed by atoms with Crippen molar-refractivity contribution in [2.75, 3.05) is 5.32 Å².